The molecule has 18 heavy (non-hydrogen) atoms. The largest absolute Gasteiger partial charge is 0.478 e. The quantitative estimate of drug-likeness (QED) is 0.870. The maximum atomic E-state index is 11.1. The number of carbonyl (C=O) groups is 1. The van der Waals surface area contributed by atoms with Crippen molar-refractivity contribution in [2.24, 2.45) is 0 Å². The van der Waals surface area contributed by atoms with Crippen LogP contribution in [0.3, 0.4) is 0 Å². The maximum absolute atomic E-state index is 11.1. The molecule has 92 valence electrons. The smallest absolute Gasteiger partial charge is 0.337 e. The fourth-order valence-corrected chi connectivity index (χ4v) is 1.93. The summed E-state index contributed by atoms with van der Waals surface area (Å²) in [7, 11) is 0. The van der Waals surface area contributed by atoms with Crippen LogP contribution in [0, 0.1) is 0 Å². The monoisotopic (exact) mass is 325 g/mol. The van der Waals surface area contributed by atoms with E-state index in [9.17, 15) is 4.79 Å². The van der Waals surface area contributed by atoms with Crippen LogP contribution >= 0.6 is 27.5 Å². The summed E-state index contributed by atoms with van der Waals surface area (Å²) in [4.78, 5) is 11.1. The highest BCUT2D eigenvalue weighted by atomic mass is 79.9. The molecule has 0 fully saturated rings. The zero-order chi connectivity index (χ0) is 13.1. The Hall–Kier alpha value is -1.52. The minimum Gasteiger partial charge on any atom is -0.478 e. The average Bonchev–Trinajstić information content (AvgIpc) is 2.34. The molecule has 0 saturated carbocycles. The second-order valence-corrected chi connectivity index (χ2v) is 4.98. The van der Waals surface area contributed by atoms with E-state index in [0.717, 1.165) is 10.2 Å². The first-order valence-corrected chi connectivity index (χ1v) is 6.29. The van der Waals surface area contributed by atoms with Crippen molar-refractivity contribution in [1.29, 1.82) is 0 Å². The third-order valence-electron chi connectivity index (χ3n) is 2.34. The molecule has 0 spiro atoms. The summed E-state index contributed by atoms with van der Waals surface area (Å²) >= 11 is 9.13. The first-order valence-electron chi connectivity index (χ1n) is 5.12. The van der Waals surface area contributed by atoms with Crippen LogP contribution in [0.2, 0.25) is 5.02 Å². The minimum absolute atomic E-state index is 0.144. The number of rotatable bonds is 3. The molecule has 2 aromatic rings. The first kappa shape index (κ1) is 12.9. The number of nitrogens with one attached hydrogen (secondary N) is 1. The van der Waals surface area contributed by atoms with Gasteiger partial charge in [-0.2, -0.15) is 0 Å². The summed E-state index contributed by atoms with van der Waals surface area (Å²) in [5.41, 5.74) is 1.46. The number of anilines is 2. The molecule has 2 N–H and O–H groups in total. The topological polar surface area (TPSA) is 49.3 Å². The molecule has 0 radical (unpaired) electrons. The lowest BCUT2D eigenvalue weighted by Crippen LogP contribution is -2.02. The fraction of sp³-hybridized carbons (Fsp3) is 0. The molecule has 0 aromatic heterocycles. The Bertz CT molecular complexity index is 584. The highest BCUT2D eigenvalue weighted by molar-refractivity contribution is 9.10. The van der Waals surface area contributed by atoms with Crippen LogP contribution in [0.25, 0.3) is 0 Å². The third-order valence-corrected chi connectivity index (χ3v) is 3.10. The molecule has 2 aromatic carbocycles. The summed E-state index contributed by atoms with van der Waals surface area (Å²) in [6.45, 7) is 0. The van der Waals surface area contributed by atoms with Gasteiger partial charge >= 0.3 is 5.97 Å². The second kappa shape index (κ2) is 5.42. The van der Waals surface area contributed by atoms with E-state index in [1.807, 2.05) is 24.3 Å². The van der Waals surface area contributed by atoms with Gasteiger partial charge in [-0.1, -0.05) is 27.5 Å². The van der Waals surface area contributed by atoms with Gasteiger partial charge in [0.1, 0.15) is 0 Å². The van der Waals surface area contributed by atoms with Gasteiger partial charge in [-0.05, 0) is 42.5 Å². The summed E-state index contributed by atoms with van der Waals surface area (Å²) in [5, 5.41) is 12.6. The van der Waals surface area contributed by atoms with E-state index in [4.69, 9.17) is 16.7 Å². The summed E-state index contributed by atoms with van der Waals surface area (Å²) in [5.74, 6) is -1.02. The Morgan fingerprint density at radius 1 is 1.17 bits per heavy atom. The van der Waals surface area contributed by atoms with E-state index >= 15 is 0 Å². The SMILES string of the molecule is O=C(O)c1cc(Cl)ccc1Nc1ccc(Br)cc1. The molecule has 0 heterocycles. The molecule has 0 atom stereocenters. The lowest BCUT2D eigenvalue weighted by atomic mass is 10.1. The zero-order valence-electron chi connectivity index (χ0n) is 9.15. The highest BCUT2D eigenvalue weighted by Gasteiger charge is 2.10. The van der Waals surface area contributed by atoms with Crippen LogP contribution in [-0.4, -0.2) is 11.1 Å². The molecular weight excluding hydrogens is 318 g/mol. The molecule has 0 unspecified atom stereocenters. The van der Waals surface area contributed by atoms with E-state index in [1.165, 1.54) is 6.07 Å². The Balaban J connectivity index is 2.34. The van der Waals surface area contributed by atoms with Crippen LogP contribution < -0.4 is 5.32 Å². The highest BCUT2D eigenvalue weighted by Crippen LogP contribution is 2.25. The molecule has 0 bridgehead atoms. The van der Waals surface area contributed by atoms with Gasteiger partial charge in [-0.15, -0.1) is 0 Å². The van der Waals surface area contributed by atoms with Gasteiger partial charge < -0.3 is 10.4 Å². The third kappa shape index (κ3) is 3.03. The van der Waals surface area contributed by atoms with Crippen LogP contribution in [0.5, 0.6) is 0 Å². The molecular formula is C13H9BrClNO2. The van der Waals surface area contributed by atoms with Gasteiger partial charge in [0.05, 0.1) is 11.3 Å². The van der Waals surface area contributed by atoms with Crippen molar-refractivity contribution in [3.8, 4) is 0 Å². The number of carboxylic acid groups (broad SMARTS) is 1. The molecule has 0 aliphatic rings. The van der Waals surface area contributed by atoms with Gasteiger partial charge in [-0.3, -0.25) is 0 Å². The van der Waals surface area contributed by atoms with Gasteiger partial charge in [0, 0.05) is 15.2 Å². The van der Waals surface area contributed by atoms with E-state index in [1.54, 1.807) is 12.1 Å². The summed E-state index contributed by atoms with van der Waals surface area (Å²) < 4.78 is 0.961. The molecule has 3 nitrogen and oxygen atoms in total. The van der Waals surface area contributed by atoms with Crippen molar-refractivity contribution in [2.75, 3.05) is 5.32 Å². The van der Waals surface area contributed by atoms with E-state index in [2.05, 4.69) is 21.2 Å². The van der Waals surface area contributed by atoms with Crippen LogP contribution in [0.15, 0.2) is 46.9 Å². The summed E-state index contributed by atoms with van der Waals surface area (Å²) in [6, 6.07) is 12.2. The predicted molar refractivity (Wildman–Crippen MR) is 75.8 cm³/mol. The molecule has 0 amide bonds. The molecule has 0 aliphatic heterocycles. The van der Waals surface area contributed by atoms with E-state index in [-0.39, 0.29) is 5.56 Å². The van der Waals surface area contributed by atoms with Crippen molar-refractivity contribution in [2.45, 2.75) is 0 Å². The number of aromatic carboxylic acids is 1. The van der Waals surface area contributed by atoms with Crippen molar-refractivity contribution in [1.82, 2.24) is 0 Å². The number of carboxylic acids is 1. The fourth-order valence-electron chi connectivity index (χ4n) is 1.49. The lowest BCUT2D eigenvalue weighted by Gasteiger charge is -2.10. The normalized spacial score (nSPS) is 10.1. The van der Waals surface area contributed by atoms with Gasteiger partial charge in [0.2, 0.25) is 0 Å². The number of benzene rings is 2. The predicted octanol–water partition coefficient (Wildman–Crippen LogP) is 4.54. The van der Waals surface area contributed by atoms with E-state index < -0.39 is 5.97 Å². The van der Waals surface area contributed by atoms with Crippen molar-refractivity contribution < 1.29 is 9.90 Å². The number of hydrogen-bond acceptors (Lipinski definition) is 2. The Kier molecular flexibility index (Phi) is 3.89. The maximum Gasteiger partial charge on any atom is 0.337 e. The van der Waals surface area contributed by atoms with Crippen molar-refractivity contribution in [3.05, 3.63) is 57.5 Å². The Morgan fingerprint density at radius 2 is 1.83 bits per heavy atom. The van der Waals surface area contributed by atoms with Crippen LogP contribution in [0.4, 0.5) is 11.4 Å². The van der Waals surface area contributed by atoms with Crippen molar-refractivity contribution in [3.63, 3.8) is 0 Å². The van der Waals surface area contributed by atoms with Crippen LogP contribution in [-0.2, 0) is 0 Å². The Labute approximate surface area is 118 Å². The van der Waals surface area contributed by atoms with Crippen LogP contribution in [0.1, 0.15) is 10.4 Å². The number of halogens is 2. The molecule has 5 heteroatoms. The molecule has 0 saturated heterocycles. The van der Waals surface area contributed by atoms with Gasteiger partial charge in [-0.25, -0.2) is 4.79 Å². The molecule has 0 aliphatic carbocycles. The lowest BCUT2D eigenvalue weighted by molar-refractivity contribution is 0.0698. The van der Waals surface area contributed by atoms with E-state index in [0.29, 0.717) is 10.7 Å². The zero-order valence-corrected chi connectivity index (χ0v) is 11.5. The van der Waals surface area contributed by atoms with Gasteiger partial charge in [0.25, 0.3) is 0 Å². The second-order valence-electron chi connectivity index (χ2n) is 3.63. The average molecular weight is 327 g/mol. The number of hydrogen-bond donors (Lipinski definition) is 2. The Morgan fingerprint density at radius 3 is 2.44 bits per heavy atom. The standard InChI is InChI=1S/C13H9BrClNO2/c14-8-1-4-10(5-2-8)16-12-6-3-9(15)7-11(12)13(17)18/h1-7,16H,(H,17,18). The van der Waals surface area contributed by atoms with Crippen molar-refractivity contribution >= 4 is 44.9 Å². The first-order chi connectivity index (χ1) is 8.56. The van der Waals surface area contributed by atoms with Gasteiger partial charge in [0.15, 0.2) is 0 Å². The minimum atomic E-state index is -1.02. The summed E-state index contributed by atoms with van der Waals surface area (Å²) in [6.07, 6.45) is 0. The molecule has 2 rings (SSSR count).